The number of allylic oxidation sites excluding steroid dienone is 1. The molecular formula is C102H156N2O32S. The molecule has 3 heterocycles. The maximum atomic E-state index is 16.2. The Bertz CT molecular complexity index is 4110. The lowest BCUT2D eigenvalue weighted by atomic mass is 9.87. The van der Waals surface area contributed by atoms with Crippen LogP contribution in [0.25, 0.3) is 0 Å². The van der Waals surface area contributed by atoms with Crippen molar-refractivity contribution in [1.82, 2.24) is 10.6 Å². The van der Waals surface area contributed by atoms with Gasteiger partial charge in [0.2, 0.25) is 11.8 Å². The quantitative estimate of drug-likeness (QED) is 0.0269. The van der Waals surface area contributed by atoms with Crippen molar-refractivity contribution in [2.24, 2.45) is 16.2 Å². The number of thioether (sulfide) groups is 1. The van der Waals surface area contributed by atoms with Crippen LogP contribution < -0.4 is 10.6 Å². The van der Waals surface area contributed by atoms with Crippen molar-refractivity contribution in [2.45, 2.75) is 431 Å². The third-order valence-corrected chi connectivity index (χ3v) is 24.2. The molecule has 0 saturated carbocycles. The summed E-state index contributed by atoms with van der Waals surface area (Å²) in [6.07, 6.45) is 1.21. The van der Waals surface area contributed by atoms with Crippen molar-refractivity contribution < 1.29 is 152 Å². The van der Waals surface area contributed by atoms with Crippen LogP contribution in [0.3, 0.4) is 0 Å². The van der Waals surface area contributed by atoms with Crippen LogP contribution >= 0.6 is 11.8 Å². The zero-order chi connectivity index (χ0) is 102. The van der Waals surface area contributed by atoms with Crippen molar-refractivity contribution >= 4 is 95.2 Å². The van der Waals surface area contributed by atoms with E-state index in [2.05, 4.69) is 24.5 Å². The van der Waals surface area contributed by atoms with Crippen LogP contribution in [0, 0.1) is 16.2 Å². The number of unbranched alkanes of at least 4 members (excludes halogenated alkanes) is 25. The van der Waals surface area contributed by atoms with Gasteiger partial charge in [-0.05, 0) is 112 Å². The van der Waals surface area contributed by atoms with E-state index in [0.717, 1.165) is 140 Å². The van der Waals surface area contributed by atoms with Gasteiger partial charge in [-0.25, -0.2) is 9.59 Å². The maximum Gasteiger partial charge on any atom is 0.368 e. The van der Waals surface area contributed by atoms with Crippen LogP contribution in [0.1, 0.15) is 322 Å². The fourth-order valence-corrected chi connectivity index (χ4v) is 17.3. The number of hydrogen-bond acceptors (Lipinski definition) is 33. The summed E-state index contributed by atoms with van der Waals surface area (Å²) in [5, 5.41) is 3.74. The van der Waals surface area contributed by atoms with E-state index in [0.29, 0.717) is 24.6 Å². The normalized spacial score (nSPS) is 23.1. The van der Waals surface area contributed by atoms with Gasteiger partial charge in [0, 0.05) is 66.7 Å². The second-order valence-corrected chi connectivity index (χ2v) is 39.6. The zero-order valence-corrected chi connectivity index (χ0v) is 85.2. The van der Waals surface area contributed by atoms with Crippen molar-refractivity contribution in [3.05, 3.63) is 78.4 Å². The summed E-state index contributed by atoms with van der Waals surface area (Å²) in [7, 11) is 0.862. The van der Waals surface area contributed by atoms with Crippen molar-refractivity contribution in [2.75, 3.05) is 33.5 Å². The Kier molecular flexibility index (Phi) is 52.5. The Balaban J connectivity index is 1.85. The number of ether oxygens (including phenoxy) is 18. The van der Waals surface area contributed by atoms with Gasteiger partial charge in [0.15, 0.2) is 49.2 Å². The minimum absolute atomic E-state index is 0.0357. The highest BCUT2D eigenvalue weighted by atomic mass is 32.2. The van der Waals surface area contributed by atoms with E-state index >= 15 is 9.59 Å². The van der Waals surface area contributed by atoms with E-state index in [1.165, 1.54) is 137 Å². The molecule has 3 aliphatic heterocycles. The highest BCUT2D eigenvalue weighted by Crippen LogP contribution is 2.49. The second kappa shape index (κ2) is 60.8. The van der Waals surface area contributed by atoms with Gasteiger partial charge in [-0.3, -0.25) is 57.5 Å². The second-order valence-electron chi connectivity index (χ2n) is 38.4. The number of carbonyl (C=O) groups excluding carboxylic acids is 14. The molecule has 34 nitrogen and oxygen atoms in total. The first-order valence-corrected chi connectivity index (χ1v) is 49.7. The van der Waals surface area contributed by atoms with Gasteiger partial charge < -0.3 is 95.9 Å². The molecule has 2 aromatic carbocycles. The highest BCUT2D eigenvalue weighted by molar-refractivity contribution is 8.00. The summed E-state index contributed by atoms with van der Waals surface area (Å²) in [4.78, 5) is 200. The smallest absolute Gasteiger partial charge is 0.368 e. The van der Waals surface area contributed by atoms with Gasteiger partial charge in [0.05, 0.1) is 47.6 Å². The van der Waals surface area contributed by atoms with Crippen LogP contribution in [0.5, 0.6) is 0 Å². The van der Waals surface area contributed by atoms with Crippen LogP contribution in [-0.4, -0.2) is 232 Å². The van der Waals surface area contributed by atoms with Crippen LogP contribution in [0.15, 0.2) is 77.7 Å². The lowest BCUT2D eigenvalue weighted by Crippen LogP contribution is -2.76. The number of amides is 2. The Labute approximate surface area is 813 Å². The number of nitrogens with one attached hydrogen (secondary N) is 2. The fraction of sp³-hybridized carbons (Fsp3) is 0.725. The molecule has 3 saturated heterocycles. The van der Waals surface area contributed by atoms with Crippen LogP contribution in [0.2, 0.25) is 0 Å². The molecule has 0 radical (unpaired) electrons. The lowest BCUT2D eigenvalue weighted by molar-refractivity contribution is -0.386. The van der Waals surface area contributed by atoms with E-state index in [1.54, 1.807) is 75.4 Å². The number of rotatable bonds is 59. The zero-order valence-electron chi connectivity index (χ0n) is 84.4. The maximum absolute atomic E-state index is 16.2. The topological polar surface area (TPSA) is 429 Å². The summed E-state index contributed by atoms with van der Waals surface area (Å²) < 4.78 is 115. The minimum atomic E-state index is -3.43. The first kappa shape index (κ1) is 118. The number of esters is 12. The van der Waals surface area contributed by atoms with Gasteiger partial charge >= 0.3 is 71.6 Å². The largest absolute Gasteiger partial charge is 0.465 e. The predicted molar refractivity (Wildman–Crippen MR) is 504 cm³/mol. The van der Waals surface area contributed by atoms with E-state index < -0.39 is 241 Å². The highest BCUT2D eigenvalue weighted by Gasteiger charge is 2.69. The monoisotopic (exact) mass is 1950 g/mol. The lowest BCUT2D eigenvalue weighted by Gasteiger charge is -2.55. The number of hydrogen-bond donors (Lipinski definition) is 2. The SMILES string of the molecule is CCCCCCCCCCCCC/C=C/[C@@H](OC(=O)c1ccccc1)[C@H](CO[C@@H]1O[C@H](COC(=O)C(C)(C)C)[C@@H](O[C@@H]2O[C@H](COC(=O)C(C)(C)C)[C@H](OC(C)=O)[C@H](O[C@@]3(C(=O)OC)O[C@@H]([C@H](OC(C)=O)[C@@H](COC(C)=O)OC(C)=O)[C@H](NC(C)=O)[C@@H](OC(C)=O)[C@@H]3Sc3ccccc3)[C@H]2OC(C)=O)[C@H](OC(C)=O)[C@H]1OC(=O)C(C)(C)C)NC(=O)CCCCCCCCCCCCCCCCC. The molecule has 0 unspecified atom stereocenters. The molecule has 2 aromatic rings. The Morgan fingerprint density at radius 3 is 1.36 bits per heavy atom. The molecule has 2 amide bonds. The molecule has 0 aliphatic carbocycles. The Morgan fingerprint density at radius 1 is 0.453 bits per heavy atom. The molecular weight excluding hydrogens is 1800 g/mol. The van der Waals surface area contributed by atoms with E-state index in [-0.39, 0.29) is 16.9 Å². The van der Waals surface area contributed by atoms with Gasteiger partial charge in [-0.1, -0.05) is 210 Å². The Hall–Kier alpha value is -9.13. The molecule has 3 aliphatic rings. The Morgan fingerprint density at radius 2 is 0.898 bits per heavy atom. The average Bonchev–Trinajstić information content (AvgIpc) is 0.719. The first-order valence-electron chi connectivity index (χ1n) is 48.8. The van der Waals surface area contributed by atoms with Crippen molar-refractivity contribution in [3.8, 4) is 0 Å². The summed E-state index contributed by atoms with van der Waals surface area (Å²) >= 11 is 0.681. The predicted octanol–water partition coefficient (Wildman–Crippen LogP) is 15.7. The van der Waals surface area contributed by atoms with Gasteiger partial charge in [0.25, 0.3) is 5.79 Å². The standard InChI is InChI=1S/C102H156N2O32S/c1-21-23-25-27-29-31-33-35-36-38-40-42-44-46-54-60-80(113)104-75(76(130-92(114)73-55-49-47-50-56-73)59-53-45-43-41-39-37-34-32-30-28-26-24-22-2)61-121-93-89(134-97(117)101(17,18)19)87(128-71(9)111)83(78(131-93)63-122-95(115)99(11,12)13)133-94-90(129-72(10)112)88(84(126-69(7)109)79(132-94)64-123-96(116)100(14,15)16)136-102(98(118)119-20)91(137-74-57-51-48-52-58-74)86(127-70(8)110)81(103-65(3)105)85(135-102)82(125-68(6)108)77(124-67(5)107)62-120-66(4)106/h47-53,55-59,75-79,81-91,93-94H,21-46,54,60-64H2,1-20H3,(H,103,105)(H,104,113)/b59-53+/t75-,76+,77+,78+,79+,81-,82+,83+,84-,85+,86+,87-,88-,89+,90+,91-,93+,94-,102-/m0/s1. The number of carbonyl (C=O) groups is 14. The van der Waals surface area contributed by atoms with Crippen LogP contribution in [0.4, 0.5) is 0 Å². The molecule has 0 bridgehead atoms. The number of methoxy groups -OCH3 is 1. The molecule has 35 heteroatoms. The summed E-state index contributed by atoms with van der Waals surface area (Å²) in [5.74, 6) is -17.7. The first-order chi connectivity index (χ1) is 64.8. The molecule has 5 rings (SSSR count). The fourth-order valence-electron chi connectivity index (χ4n) is 15.9. The number of benzene rings is 2. The third kappa shape index (κ3) is 42.1. The minimum Gasteiger partial charge on any atom is -0.465 e. The molecule has 2 N–H and O–H groups in total. The van der Waals surface area contributed by atoms with E-state index in [1.807, 2.05) is 6.08 Å². The molecule has 772 valence electrons. The molecule has 137 heavy (non-hydrogen) atoms. The summed E-state index contributed by atoms with van der Waals surface area (Å²) in [6.45, 7) is 22.3. The average molecular weight is 1950 g/mol. The third-order valence-electron chi connectivity index (χ3n) is 22.9. The molecule has 0 aromatic heterocycles. The molecule has 19 atom stereocenters. The van der Waals surface area contributed by atoms with Crippen molar-refractivity contribution in [1.29, 1.82) is 0 Å². The summed E-state index contributed by atoms with van der Waals surface area (Å²) in [6, 6.07) is 12.9. The van der Waals surface area contributed by atoms with Gasteiger partial charge in [0.1, 0.15) is 67.8 Å². The van der Waals surface area contributed by atoms with E-state index in [4.69, 9.17) is 85.3 Å². The molecule has 3 fully saturated rings. The van der Waals surface area contributed by atoms with E-state index in [9.17, 15) is 57.5 Å². The molecule has 0 spiro atoms. The van der Waals surface area contributed by atoms with Crippen molar-refractivity contribution in [3.63, 3.8) is 0 Å². The van der Waals surface area contributed by atoms with Gasteiger partial charge in [-0.15, -0.1) is 11.8 Å². The van der Waals surface area contributed by atoms with Gasteiger partial charge in [-0.2, -0.15) is 0 Å². The summed E-state index contributed by atoms with van der Waals surface area (Å²) in [5.41, 5.74) is -3.84. The van der Waals surface area contributed by atoms with Crippen LogP contribution in [-0.2, 0) is 148 Å².